The normalized spacial score (nSPS) is 11.0. The van der Waals surface area contributed by atoms with Crippen molar-refractivity contribution in [2.75, 3.05) is 0 Å². The highest BCUT2D eigenvalue weighted by Gasteiger charge is 2.01. The van der Waals surface area contributed by atoms with Gasteiger partial charge >= 0.3 is 0 Å². The van der Waals surface area contributed by atoms with Crippen molar-refractivity contribution in [3.05, 3.63) is 90.3 Å². The Morgan fingerprint density at radius 2 is 1.70 bits per heavy atom. The second kappa shape index (κ2) is 7.05. The van der Waals surface area contributed by atoms with Gasteiger partial charge in [-0.05, 0) is 23.3 Å². The van der Waals surface area contributed by atoms with E-state index >= 15 is 0 Å². The first-order valence-corrected chi connectivity index (χ1v) is 6.49. The van der Waals surface area contributed by atoms with Gasteiger partial charge < -0.3 is 0 Å². The first-order valence-electron chi connectivity index (χ1n) is 6.49. The Kier molecular flexibility index (Phi) is 4.85. The molecule has 0 bridgehead atoms. The molecule has 0 atom stereocenters. The Hall–Kier alpha value is -2.67. The Bertz CT molecular complexity index is 649. The van der Waals surface area contributed by atoms with Crippen LogP contribution in [-0.2, 0) is 0 Å². The van der Waals surface area contributed by atoms with Crippen molar-refractivity contribution in [1.29, 1.82) is 0 Å². The van der Waals surface area contributed by atoms with Crippen LogP contribution in [0.4, 0.5) is 0 Å². The summed E-state index contributed by atoms with van der Waals surface area (Å²) in [6.45, 7) is 7.55. The number of nitrogens with zero attached hydrogens (tertiary/aromatic N) is 1. The molecule has 0 unspecified atom stereocenters. The Balaban J connectivity index is 2.40. The smallest absolute Gasteiger partial charge is 0.0708 e. The number of aromatic nitrogens is 1. The van der Waals surface area contributed by atoms with Crippen LogP contribution < -0.4 is 0 Å². The molecule has 0 aliphatic carbocycles. The summed E-state index contributed by atoms with van der Waals surface area (Å²) in [4.78, 5) is 4.44. The van der Waals surface area contributed by atoms with E-state index in [1.54, 1.807) is 12.3 Å². The summed E-state index contributed by atoms with van der Waals surface area (Å²) in [5.41, 5.74) is 4.18. The molecule has 0 saturated heterocycles. The maximum Gasteiger partial charge on any atom is 0.0708 e. The van der Waals surface area contributed by atoms with E-state index in [0.29, 0.717) is 0 Å². The summed E-state index contributed by atoms with van der Waals surface area (Å²) < 4.78 is 0. The van der Waals surface area contributed by atoms with E-state index in [4.69, 9.17) is 0 Å². The number of pyridine rings is 1. The topological polar surface area (TPSA) is 12.9 Å². The number of hydrogen-bond donors (Lipinski definition) is 0. The minimum Gasteiger partial charge on any atom is -0.256 e. The van der Waals surface area contributed by atoms with Crippen LogP contribution in [0.5, 0.6) is 0 Å². The second-order valence-corrected chi connectivity index (χ2v) is 4.24. The summed E-state index contributed by atoms with van der Waals surface area (Å²) in [5.74, 6) is 0. The second-order valence-electron chi connectivity index (χ2n) is 4.24. The average Bonchev–Trinajstić information content (AvgIpc) is 2.52. The first kappa shape index (κ1) is 13.8. The van der Waals surface area contributed by atoms with Gasteiger partial charge in [-0.2, -0.15) is 0 Å². The van der Waals surface area contributed by atoms with Gasteiger partial charge in [-0.25, -0.2) is 0 Å². The summed E-state index contributed by atoms with van der Waals surface area (Å²) >= 11 is 0. The predicted octanol–water partition coefficient (Wildman–Crippen LogP) is 5.09. The standard InChI is InChI=1S/C19H17N/c1-3-5-11-18-17(4-2)14-15-20-19(18)13-12-16-9-7-6-8-10-16/h3-15H,1-2H2. The third-order valence-corrected chi connectivity index (χ3v) is 2.91. The zero-order chi connectivity index (χ0) is 14.2. The van der Waals surface area contributed by atoms with E-state index < -0.39 is 0 Å². The molecular formula is C19H17N. The maximum absolute atomic E-state index is 4.44. The Morgan fingerprint density at radius 3 is 2.40 bits per heavy atom. The first-order chi connectivity index (χ1) is 9.85. The van der Waals surface area contributed by atoms with Gasteiger partial charge in [0.2, 0.25) is 0 Å². The predicted molar refractivity (Wildman–Crippen MR) is 88.9 cm³/mol. The molecule has 0 spiro atoms. The molecule has 0 radical (unpaired) electrons. The molecule has 20 heavy (non-hydrogen) atoms. The molecule has 2 aromatic rings. The van der Waals surface area contributed by atoms with E-state index in [9.17, 15) is 0 Å². The fourth-order valence-electron chi connectivity index (χ4n) is 1.90. The lowest BCUT2D eigenvalue weighted by Crippen LogP contribution is -1.90. The van der Waals surface area contributed by atoms with Gasteiger partial charge in [0.25, 0.3) is 0 Å². The fourth-order valence-corrected chi connectivity index (χ4v) is 1.90. The molecule has 0 saturated carbocycles. The van der Waals surface area contributed by atoms with Crippen molar-refractivity contribution in [3.63, 3.8) is 0 Å². The highest BCUT2D eigenvalue weighted by Crippen LogP contribution is 2.18. The van der Waals surface area contributed by atoms with Crippen LogP contribution >= 0.6 is 0 Å². The molecule has 0 fully saturated rings. The number of hydrogen-bond acceptors (Lipinski definition) is 1. The minimum absolute atomic E-state index is 0.921. The third kappa shape index (κ3) is 3.42. The lowest BCUT2D eigenvalue weighted by molar-refractivity contribution is 1.28. The summed E-state index contributed by atoms with van der Waals surface area (Å²) in [7, 11) is 0. The minimum atomic E-state index is 0.921. The summed E-state index contributed by atoms with van der Waals surface area (Å²) in [6.07, 6.45) is 13.4. The summed E-state index contributed by atoms with van der Waals surface area (Å²) in [6, 6.07) is 12.1. The number of rotatable bonds is 5. The van der Waals surface area contributed by atoms with Crippen LogP contribution in [0.3, 0.4) is 0 Å². The number of benzene rings is 1. The molecule has 0 aliphatic heterocycles. The van der Waals surface area contributed by atoms with Crippen LogP contribution in [0.15, 0.2) is 67.9 Å². The highest BCUT2D eigenvalue weighted by atomic mass is 14.7. The van der Waals surface area contributed by atoms with Gasteiger partial charge in [-0.15, -0.1) is 0 Å². The lowest BCUT2D eigenvalue weighted by Gasteiger charge is -2.04. The van der Waals surface area contributed by atoms with Gasteiger partial charge in [-0.1, -0.05) is 73.9 Å². The number of allylic oxidation sites excluding steroid dienone is 2. The Labute approximate surface area is 120 Å². The average molecular weight is 259 g/mol. The Morgan fingerprint density at radius 1 is 0.900 bits per heavy atom. The summed E-state index contributed by atoms with van der Waals surface area (Å²) in [5, 5.41) is 0. The molecule has 0 N–H and O–H groups in total. The van der Waals surface area contributed by atoms with Gasteiger partial charge in [0, 0.05) is 11.8 Å². The van der Waals surface area contributed by atoms with Crippen molar-refractivity contribution < 1.29 is 0 Å². The largest absolute Gasteiger partial charge is 0.256 e. The van der Waals surface area contributed by atoms with E-state index in [1.165, 1.54) is 0 Å². The van der Waals surface area contributed by atoms with Crippen LogP contribution in [-0.4, -0.2) is 4.98 Å². The van der Waals surface area contributed by atoms with Crippen molar-refractivity contribution in [1.82, 2.24) is 4.98 Å². The zero-order valence-corrected chi connectivity index (χ0v) is 11.4. The van der Waals surface area contributed by atoms with E-state index in [2.05, 4.69) is 36.4 Å². The van der Waals surface area contributed by atoms with Crippen molar-refractivity contribution in [2.45, 2.75) is 0 Å². The van der Waals surface area contributed by atoms with Crippen LogP contribution in [0.1, 0.15) is 22.4 Å². The highest BCUT2D eigenvalue weighted by molar-refractivity contribution is 5.77. The van der Waals surface area contributed by atoms with Gasteiger partial charge in [0.05, 0.1) is 5.69 Å². The van der Waals surface area contributed by atoms with Gasteiger partial charge in [0.15, 0.2) is 0 Å². The van der Waals surface area contributed by atoms with Crippen LogP contribution in [0, 0.1) is 0 Å². The fraction of sp³-hybridized carbons (Fsp3) is 0. The van der Waals surface area contributed by atoms with Gasteiger partial charge in [-0.3, -0.25) is 4.98 Å². The van der Waals surface area contributed by atoms with E-state index in [1.807, 2.05) is 48.6 Å². The zero-order valence-electron chi connectivity index (χ0n) is 11.4. The molecule has 2 rings (SSSR count). The maximum atomic E-state index is 4.44. The van der Waals surface area contributed by atoms with Crippen molar-refractivity contribution in [3.8, 4) is 0 Å². The molecule has 1 aromatic heterocycles. The van der Waals surface area contributed by atoms with Crippen molar-refractivity contribution in [2.24, 2.45) is 0 Å². The molecule has 98 valence electrons. The quantitative estimate of drug-likeness (QED) is 0.681. The lowest BCUT2D eigenvalue weighted by atomic mass is 10.0. The molecule has 1 nitrogen and oxygen atoms in total. The van der Waals surface area contributed by atoms with E-state index in [0.717, 1.165) is 22.4 Å². The molecule has 1 heteroatoms. The van der Waals surface area contributed by atoms with Crippen molar-refractivity contribution >= 4 is 24.3 Å². The van der Waals surface area contributed by atoms with Gasteiger partial charge in [0.1, 0.15) is 0 Å². The molecule has 1 aromatic carbocycles. The third-order valence-electron chi connectivity index (χ3n) is 2.91. The molecule has 1 heterocycles. The van der Waals surface area contributed by atoms with E-state index in [-0.39, 0.29) is 0 Å². The van der Waals surface area contributed by atoms with Crippen LogP contribution in [0.2, 0.25) is 0 Å². The monoisotopic (exact) mass is 259 g/mol. The SMILES string of the molecule is C=CC=Cc1c(C=C)ccnc1C=Cc1ccccc1. The molecule has 0 amide bonds. The van der Waals surface area contributed by atoms with Crippen LogP contribution in [0.25, 0.3) is 24.3 Å². The molecule has 0 aliphatic rings. The molecular weight excluding hydrogens is 242 g/mol.